The first kappa shape index (κ1) is 17.7. The summed E-state index contributed by atoms with van der Waals surface area (Å²) < 4.78 is 27.1. The third-order valence-corrected chi connectivity index (χ3v) is 7.45. The second-order valence-electron chi connectivity index (χ2n) is 5.86. The van der Waals surface area contributed by atoms with Gasteiger partial charge < -0.3 is 0 Å². The number of sulfonamides is 1. The zero-order chi connectivity index (χ0) is 17.5. The van der Waals surface area contributed by atoms with Gasteiger partial charge in [-0.2, -0.15) is 4.31 Å². The molecular weight excluding hydrogens is 372 g/mol. The highest BCUT2D eigenvalue weighted by molar-refractivity contribution is 8.14. The maximum atomic E-state index is 12.8. The largest absolute Gasteiger partial charge is 0.289 e. The molecule has 9 heteroatoms. The first-order chi connectivity index (χ1) is 11.3. The number of amides is 2. The molecule has 130 valence electrons. The number of thioether (sulfide) groups is 1. The molecule has 0 spiro atoms. The van der Waals surface area contributed by atoms with E-state index >= 15 is 0 Å². The molecular formula is C15H17ClN2O4S2. The third kappa shape index (κ3) is 3.20. The summed E-state index contributed by atoms with van der Waals surface area (Å²) in [6.45, 7) is 2.29. The SMILES string of the molecule is Cc1ccc(Cl)cc1S(=O)(=O)N1CCC(N2C(=O)CSC2=O)CC1. The van der Waals surface area contributed by atoms with E-state index in [9.17, 15) is 18.0 Å². The Labute approximate surface area is 150 Å². The molecule has 2 saturated heterocycles. The van der Waals surface area contributed by atoms with Gasteiger partial charge in [-0.05, 0) is 37.5 Å². The van der Waals surface area contributed by atoms with Gasteiger partial charge in [0.25, 0.3) is 5.24 Å². The molecule has 2 fully saturated rings. The predicted molar refractivity (Wildman–Crippen MR) is 92.7 cm³/mol. The Morgan fingerprint density at radius 2 is 1.88 bits per heavy atom. The first-order valence-corrected chi connectivity index (χ1v) is 10.4. The van der Waals surface area contributed by atoms with Crippen LogP contribution in [0.2, 0.25) is 5.02 Å². The van der Waals surface area contributed by atoms with E-state index < -0.39 is 10.0 Å². The molecule has 0 bridgehead atoms. The Morgan fingerprint density at radius 1 is 1.21 bits per heavy atom. The highest BCUT2D eigenvalue weighted by Gasteiger charge is 2.39. The van der Waals surface area contributed by atoms with Gasteiger partial charge in [0.1, 0.15) is 0 Å². The van der Waals surface area contributed by atoms with Crippen molar-refractivity contribution in [3.63, 3.8) is 0 Å². The van der Waals surface area contributed by atoms with E-state index in [1.54, 1.807) is 19.1 Å². The lowest BCUT2D eigenvalue weighted by Crippen LogP contribution is -2.48. The number of aryl methyl sites for hydroxylation is 1. The van der Waals surface area contributed by atoms with E-state index in [4.69, 9.17) is 11.6 Å². The van der Waals surface area contributed by atoms with Crippen molar-refractivity contribution in [1.29, 1.82) is 0 Å². The van der Waals surface area contributed by atoms with Crippen molar-refractivity contribution in [2.24, 2.45) is 0 Å². The number of hydrogen-bond acceptors (Lipinski definition) is 5. The molecule has 2 heterocycles. The Morgan fingerprint density at radius 3 is 2.46 bits per heavy atom. The summed E-state index contributed by atoms with van der Waals surface area (Å²) in [5.74, 6) is -0.00372. The molecule has 24 heavy (non-hydrogen) atoms. The summed E-state index contributed by atoms with van der Waals surface area (Å²) in [7, 11) is -3.63. The minimum atomic E-state index is -3.63. The summed E-state index contributed by atoms with van der Waals surface area (Å²) in [6.07, 6.45) is 0.910. The summed E-state index contributed by atoms with van der Waals surface area (Å²) in [4.78, 5) is 25.1. The minimum Gasteiger partial charge on any atom is -0.273 e. The van der Waals surface area contributed by atoms with Crippen LogP contribution in [-0.4, -0.2) is 53.7 Å². The van der Waals surface area contributed by atoms with E-state index in [2.05, 4.69) is 0 Å². The predicted octanol–water partition coefficient (Wildman–Crippen LogP) is 2.50. The average Bonchev–Trinajstić information content (AvgIpc) is 2.88. The lowest BCUT2D eigenvalue weighted by molar-refractivity contribution is -0.126. The molecule has 1 aromatic rings. The van der Waals surface area contributed by atoms with Crippen molar-refractivity contribution in [3.8, 4) is 0 Å². The highest BCUT2D eigenvalue weighted by atomic mass is 35.5. The molecule has 0 radical (unpaired) electrons. The number of piperidine rings is 1. The molecule has 0 aromatic heterocycles. The molecule has 0 unspecified atom stereocenters. The molecule has 0 N–H and O–H groups in total. The smallest absolute Gasteiger partial charge is 0.273 e. The summed E-state index contributed by atoms with van der Waals surface area (Å²) in [5, 5.41) is 0.145. The Kier molecular flexibility index (Phi) is 4.92. The van der Waals surface area contributed by atoms with Crippen LogP contribution >= 0.6 is 23.4 Å². The molecule has 2 aliphatic rings. The lowest BCUT2D eigenvalue weighted by Gasteiger charge is -2.34. The van der Waals surface area contributed by atoms with Gasteiger partial charge in [0.05, 0.1) is 10.6 Å². The quantitative estimate of drug-likeness (QED) is 0.795. The Hall–Kier alpha value is -1.09. The molecule has 6 nitrogen and oxygen atoms in total. The van der Waals surface area contributed by atoms with Crippen molar-refractivity contribution in [1.82, 2.24) is 9.21 Å². The number of rotatable bonds is 3. The number of hydrogen-bond donors (Lipinski definition) is 0. The Bertz CT molecular complexity index is 773. The number of benzene rings is 1. The fourth-order valence-electron chi connectivity index (χ4n) is 3.05. The van der Waals surface area contributed by atoms with E-state index in [1.807, 2.05) is 0 Å². The van der Waals surface area contributed by atoms with Gasteiger partial charge in [-0.1, -0.05) is 29.4 Å². The van der Waals surface area contributed by atoms with Crippen LogP contribution in [0.5, 0.6) is 0 Å². The van der Waals surface area contributed by atoms with Crippen molar-refractivity contribution in [3.05, 3.63) is 28.8 Å². The number of halogens is 1. The first-order valence-electron chi connectivity index (χ1n) is 7.56. The number of carbonyl (C=O) groups excluding carboxylic acids is 2. The van der Waals surface area contributed by atoms with Gasteiger partial charge in [-0.25, -0.2) is 8.42 Å². The number of nitrogens with zero attached hydrogens (tertiary/aromatic N) is 2. The normalized spacial score (nSPS) is 20.8. The van der Waals surface area contributed by atoms with E-state index in [1.165, 1.54) is 15.3 Å². The molecule has 0 saturated carbocycles. The number of imide groups is 1. The van der Waals surface area contributed by atoms with Crippen LogP contribution in [-0.2, 0) is 14.8 Å². The highest BCUT2D eigenvalue weighted by Crippen LogP contribution is 2.30. The Balaban J connectivity index is 1.75. The van der Waals surface area contributed by atoms with Crippen LogP contribution < -0.4 is 0 Å². The van der Waals surface area contributed by atoms with Gasteiger partial charge >= 0.3 is 0 Å². The molecule has 2 amide bonds. The molecule has 3 rings (SSSR count). The standard InChI is InChI=1S/C15H17ClN2O4S2/c1-10-2-3-11(16)8-13(10)24(21,22)17-6-4-12(5-7-17)18-14(19)9-23-15(18)20/h2-3,8,12H,4-7,9H2,1H3. The van der Waals surface area contributed by atoms with Crippen LogP contribution in [0.25, 0.3) is 0 Å². The molecule has 0 atom stereocenters. The maximum absolute atomic E-state index is 12.8. The fraction of sp³-hybridized carbons (Fsp3) is 0.467. The minimum absolute atomic E-state index is 0.180. The zero-order valence-electron chi connectivity index (χ0n) is 13.1. The zero-order valence-corrected chi connectivity index (χ0v) is 15.5. The third-order valence-electron chi connectivity index (χ3n) is 4.34. The fourth-order valence-corrected chi connectivity index (χ4v) is 5.78. The lowest BCUT2D eigenvalue weighted by atomic mass is 10.1. The van der Waals surface area contributed by atoms with Crippen molar-refractivity contribution < 1.29 is 18.0 Å². The second kappa shape index (κ2) is 6.67. The second-order valence-corrected chi connectivity index (χ2v) is 9.13. The number of carbonyl (C=O) groups is 2. The maximum Gasteiger partial charge on any atom is 0.289 e. The topological polar surface area (TPSA) is 74.8 Å². The van der Waals surface area contributed by atoms with Crippen LogP contribution in [0.4, 0.5) is 4.79 Å². The van der Waals surface area contributed by atoms with Crippen molar-refractivity contribution in [2.75, 3.05) is 18.8 Å². The average molecular weight is 389 g/mol. The van der Waals surface area contributed by atoms with Crippen LogP contribution in [0.3, 0.4) is 0 Å². The summed E-state index contributed by atoms with van der Waals surface area (Å²) in [6, 6.07) is 4.58. The monoisotopic (exact) mass is 388 g/mol. The van der Waals surface area contributed by atoms with E-state index in [-0.39, 0.29) is 40.9 Å². The van der Waals surface area contributed by atoms with Gasteiger partial charge in [0.15, 0.2) is 0 Å². The van der Waals surface area contributed by atoms with Crippen LogP contribution in [0.15, 0.2) is 23.1 Å². The molecule has 2 aliphatic heterocycles. The van der Waals surface area contributed by atoms with Crippen molar-refractivity contribution in [2.45, 2.75) is 30.7 Å². The van der Waals surface area contributed by atoms with Gasteiger partial charge in [-0.15, -0.1) is 0 Å². The van der Waals surface area contributed by atoms with Gasteiger partial charge in [0.2, 0.25) is 15.9 Å². The van der Waals surface area contributed by atoms with Gasteiger partial charge in [-0.3, -0.25) is 14.5 Å². The van der Waals surface area contributed by atoms with E-state index in [0.29, 0.717) is 23.4 Å². The van der Waals surface area contributed by atoms with Crippen LogP contribution in [0, 0.1) is 6.92 Å². The molecule has 1 aromatic carbocycles. The van der Waals surface area contributed by atoms with Crippen LogP contribution in [0.1, 0.15) is 18.4 Å². The van der Waals surface area contributed by atoms with E-state index in [0.717, 1.165) is 11.8 Å². The van der Waals surface area contributed by atoms with Crippen molar-refractivity contribution >= 4 is 44.5 Å². The summed E-state index contributed by atoms with van der Waals surface area (Å²) in [5.41, 5.74) is 0.642. The molecule has 0 aliphatic carbocycles. The summed E-state index contributed by atoms with van der Waals surface area (Å²) >= 11 is 6.94. The van der Waals surface area contributed by atoms with Gasteiger partial charge in [0, 0.05) is 24.2 Å².